The Balaban J connectivity index is 3.53. The van der Waals surface area contributed by atoms with Gasteiger partial charge in [0.25, 0.3) is 0 Å². The minimum Gasteiger partial charge on any atom is -0.394 e. The van der Waals surface area contributed by atoms with Crippen LogP contribution in [0, 0.1) is 0 Å². The Kier molecular flexibility index (Phi) is 37.4. The lowest BCUT2D eigenvalue weighted by Crippen LogP contribution is -2.45. The molecule has 2 atom stereocenters. The third-order valence-electron chi connectivity index (χ3n) is 9.41. The molecule has 0 fully saturated rings. The van der Waals surface area contributed by atoms with Gasteiger partial charge in [-0.25, -0.2) is 0 Å². The molecule has 3 N–H and O–H groups in total. The molecule has 0 aliphatic heterocycles. The number of amides is 1. The van der Waals surface area contributed by atoms with Gasteiger partial charge in [-0.05, 0) is 38.5 Å². The van der Waals surface area contributed by atoms with Crippen LogP contribution in [-0.2, 0) is 4.79 Å². The van der Waals surface area contributed by atoms with Crippen LogP contribution in [0.5, 0.6) is 0 Å². The predicted molar refractivity (Wildman–Crippen MR) is 202 cm³/mol. The van der Waals surface area contributed by atoms with Gasteiger partial charge < -0.3 is 15.5 Å². The van der Waals surface area contributed by atoms with Crippen molar-refractivity contribution in [2.45, 2.75) is 231 Å². The van der Waals surface area contributed by atoms with Gasteiger partial charge in [0, 0.05) is 6.42 Å². The van der Waals surface area contributed by atoms with Crippen LogP contribution in [0.15, 0.2) is 24.3 Å². The topological polar surface area (TPSA) is 69.6 Å². The third-order valence-corrected chi connectivity index (χ3v) is 9.41. The lowest BCUT2D eigenvalue weighted by Gasteiger charge is -2.20. The summed E-state index contributed by atoms with van der Waals surface area (Å²) in [6, 6.07) is -0.620. The fourth-order valence-corrected chi connectivity index (χ4v) is 6.24. The third kappa shape index (κ3) is 34.2. The molecule has 0 radical (unpaired) electrons. The molecule has 0 saturated heterocycles. The molecule has 46 heavy (non-hydrogen) atoms. The van der Waals surface area contributed by atoms with Gasteiger partial charge in [-0.15, -0.1) is 0 Å². The van der Waals surface area contributed by atoms with E-state index in [9.17, 15) is 15.0 Å². The summed E-state index contributed by atoms with van der Waals surface area (Å²) in [4.78, 5) is 12.3. The molecule has 0 heterocycles. The molecular weight excluding hydrogens is 566 g/mol. The van der Waals surface area contributed by atoms with Crippen molar-refractivity contribution >= 4 is 5.91 Å². The van der Waals surface area contributed by atoms with Crippen LogP contribution in [-0.4, -0.2) is 34.9 Å². The summed E-state index contributed by atoms with van der Waals surface area (Å²) in [5.74, 6) is -0.0647. The summed E-state index contributed by atoms with van der Waals surface area (Å²) in [6.45, 7) is 4.26. The maximum absolute atomic E-state index is 12.3. The highest BCUT2D eigenvalue weighted by molar-refractivity contribution is 5.76. The van der Waals surface area contributed by atoms with Crippen LogP contribution in [0.4, 0.5) is 0 Å². The fraction of sp³-hybridized carbons (Fsp3) is 0.881. The zero-order valence-electron chi connectivity index (χ0n) is 31.1. The van der Waals surface area contributed by atoms with E-state index in [-0.39, 0.29) is 12.5 Å². The lowest BCUT2D eigenvalue weighted by molar-refractivity contribution is -0.123. The van der Waals surface area contributed by atoms with Crippen molar-refractivity contribution in [3.05, 3.63) is 24.3 Å². The molecule has 0 aliphatic rings. The van der Waals surface area contributed by atoms with Gasteiger partial charge in [0.05, 0.1) is 18.8 Å². The molecule has 0 bridgehead atoms. The van der Waals surface area contributed by atoms with Crippen LogP contribution < -0.4 is 5.32 Å². The minimum absolute atomic E-state index is 0.0647. The number of rotatable bonds is 37. The number of unbranched alkanes of at least 4 members (excludes halogenated alkanes) is 28. The standard InChI is InChI=1S/C42H81NO3/c1-3-5-7-9-11-13-15-17-18-19-20-21-22-23-24-26-28-30-32-34-36-38-42(46)43-40(39-44)41(45)37-35-33-31-29-27-25-16-14-12-10-8-6-4-2/h8,10,35,37,40-41,44-45H,3-7,9,11-34,36,38-39H2,1-2H3,(H,43,46)/b10-8-,37-35+/t40-,41+/m0/s1. The summed E-state index contributed by atoms with van der Waals surface area (Å²) < 4.78 is 0. The highest BCUT2D eigenvalue weighted by atomic mass is 16.3. The molecule has 0 saturated carbocycles. The van der Waals surface area contributed by atoms with E-state index in [2.05, 4.69) is 31.3 Å². The van der Waals surface area contributed by atoms with E-state index in [1.165, 1.54) is 173 Å². The SMILES string of the molecule is CCC/C=C\CCCCCCCC/C=C/[C@@H](O)[C@H](CO)NC(=O)CCCCCCCCCCCCCCCCCCCCCCC. The molecule has 4 heteroatoms. The van der Waals surface area contributed by atoms with Gasteiger partial charge in [-0.3, -0.25) is 4.79 Å². The van der Waals surface area contributed by atoms with Crippen molar-refractivity contribution in [2.75, 3.05) is 6.61 Å². The van der Waals surface area contributed by atoms with Gasteiger partial charge in [-0.1, -0.05) is 199 Å². The Hall–Kier alpha value is -1.13. The van der Waals surface area contributed by atoms with E-state index < -0.39 is 12.1 Å². The van der Waals surface area contributed by atoms with Crippen molar-refractivity contribution in [3.8, 4) is 0 Å². The Bertz CT molecular complexity index is 661. The number of allylic oxidation sites excluding steroid dienone is 3. The minimum atomic E-state index is -0.838. The van der Waals surface area contributed by atoms with Crippen LogP contribution in [0.3, 0.4) is 0 Å². The van der Waals surface area contributed by atoms with E-state index in [4.69, 9.17) is 0 Å². The van der Waals surface area contributed by atoms with Crippen LogP contribution in [0.25, 0.3) is 0 Å². The van der Waals surface area contributed by atoms with Gasteiger partial charge in [0.1, 0.15) is 0 Å². The monoisotopic (exact) mass is 648 g/mol. The second-order valence-electron chi connectivity index (χ2n) is 14.1. The van der Waals surface area contributed by atoms with Gasteiger partial charge in [0.2, 0.25) is 5.91 Å². The smallest absolute Gasteiger partial charge is 0.220 e. The van der Waals surface area contributed by atoms with Gasteiger partial charge >= 0.3 is 0 Å². The van der Waals surface area contributed by atoms with E-state index in [0.29, 0.717) is 6.42 Å². The van der Waals surface area contributed by atoms with E-state index >= 15 is 0 Å². The Morgan fingerprint density at radius 2 is 0.870 bits per heavy atom. The van der Waals surface area contributed by atoms with Crippen molar-refractivity contribution < 1.29 is 15.0 Å². The molecule has 4 nitrogen and oxygen atoms in total. The second kappa shape index (κ2) is 38.3. The molecule has 0 unspecified atom stereocenters. The van der Waals surface area contributed by atoms with Crippen molar-refractivity contribution in [2.24, 2.45) is 0 Å². The highest BCUT2D eigenvalue weighted by Crippen LogP contribution is 2.15. The largest absolute Gasteiger partial charge is 0.394 e. The van der Waals surface area contributed by atoms with Crippen LogP contribution in [0.2, 0.25) is 0 Å². The Morgan fingerprint density at radius 1 is 0.500 bits per heavy atom. The zero-order chi connectivity index (χ0) is 33.6. The summed E-state index contributed by atoms with van der Waals surface area (Å²) in [5, 5.41) is 22.9. The Labute approximate surface area is 288 Å². The molecule has 0 aromatic carbocycles. The number of nitrogens with one attached hydrogen (secondary N) is 1. The first-order chi connectivity index (χ1) is 22.7. The molecule has 0 rings (SSSR count). The van der Waals surface area contributed by atoms with Gasteiger partial charge in [0.15, 0.2) is 0 Å². The number of carbonyl (C=O) groups is 1. The zero-order valence-corrected chi connectivity index (χ0v) is 31.1. The summed E-state index contributed by atoms with van der Waals surface area (Å²) in [6.07, 6.45) is 48.5. The number of aliphatic hydroxyl groups is 2. The van der Waals surface area contributed by atoms with E-state index in [1.807, 2.05) is 6.08 Å². The lowest BCUT2D eigenvalue weighted by atomic mass is 10.0. The number of hydrogen-bond acceptors (Lipinski definition) is 3. The molecule has 0 aromatic rings. The predicted octanol–water partition coefficient (Wildman–Crippen LogP) is 12.5. The second-order valence-corrected chi connectivity index (χ2v) is 14.1. The van der Waals surface area contributed by atoms with Crippen LogP contribution in [0.1, 0.15) is 219 Å². The quantitative estimate of drug-likeness (QED) is 0.0464. The summed E-state index contributed by atoms with van der Waals surface area (Å²) >= 11 is 0. The normalized spacial score (nSPS) is 13.2. The maximum atomic E-state index is 12.3. The summed E-state index contributed by atoms with van der Waals surface area (Å²) in [7, 11) is 0. The molecule has 0 aliphatic carbocycles. The molecule has 0 spiro atoms. The van der Waals surface area contributed by atoms with E-state index in [0.717, 1.165) is 25.7 Å². The molecule has 0 aromatic heterocycles. The van der Waals surface area contributed by atoms with Crippen molar-refractivity contribution in [1.29, 1.82) is 0 Å². The first-order valence-corrected chi connectivity index (χ1v) is 20.6. The van der Waals surface area contributed by atoms with Gasteiger partial charge in [-0.2, -0.15) is 0 Å². The first-order valence-electron chi connectivity index (χ1n) is 20.6. The van der Waals surface area contributed by atoms with Crippen molar-refractivity contribution in [3.63, 3.8) is 0 Å². The fourth-order valence-electron chi connectivity index (χ4n) is 6.24. The average Bonchev–Trinajstić information content (AvgIpc) is 3.06. The average molecular weight is 648 g/mol. The summed E-state index contributed by atoms with van der Waals surface area (Å²) in [5.41, 5.74) is 0. The number of hydrogen-bond donors (Lipinski definition) is 3. The highest BCUT2D eigenvalue weighted by Gasteiger charge is 2.17. The first kappa shape index (κ1) is 44.9. The maximum Gasteiger partial charge on any atom is 0.220 e. The molecule has 272 valence electrons. The number of aliphatic hydroxyl groups excluding tert-OH is 2. The molecular formula is C42H81NO3. The van der Waals surface area contributed by atoms with Crippen molar-refractivity contribution in [1.82, 2.24) is 5.32 Å². The van der Waals surface area contributed by atoms with E-state index in [1.54, 1.807) is 6.08 Å². The molecule has 1 amide bonds. The number of carbonyl (C=O) groups excluding carboxylic acids is 1. The van der Waals surface area contributed by atoms with Crippen LogP contribution >= 0.6 is 0 Å². The Morgan fingerprint density at radius 3 is 1.28 bits per heavy atom.